The number of aromatic nitrogens is 1. The van der Waals surface area contributed by atoms with Gasteiger partial charge in [0.25, 0.3) is 0 Å². The van der Waals surface area contributed by atoms with Gasteiger partial charge in [0.2, 0.25) is 0 Å². The van der Waals surface area contributed by atoms with Gasteiger partial charge in [-0.15, -0.1) is 0 Å². The first-order valence-corrected chi connectivity index (χ1v) is 5.57. The molecule has 2 nitrogen and oxygen atoms in total. The normalized spacial score (nSPS) is 33.9. The first kappa shape index (κ1) is 8.54. The second-order valence-electron chi connectivity index (χ2n) is 4.44. The van der Waals surface area contributed by atoms with Crippen LogP contribution in [0.4, 0.5) is 5.69 Å². The lowest BCUT2D eigenvalue weighted by Crippen LogP contribution is -2.16. The molecule has 1 N–H and O–H groups in total. The Morgan fingerprint density at radius 2 is 2.07 bits per heavy atom. The Balaban J connectivity index is 1.66. The predicted molar refractivity (Wildman–Crippen MR) is 57.5 cm³/mol. The summed E-state index contributed by atoms with van der Waals surface area (Å²) in [5.74, 6) is 2.04. The Bertz CT molecular complexity index is 343. The monoisotopic (exact) mass is 208 g/mol. The van der Waals surface area contributed by atoms with Crippen molar-refractivity contribution in [1.82, 2.24) is 4.98 Å². The zero-order valence-corrected chi connectivity index (χ0v) is 8.67. The Morgan fingerprint density at radius 3 is 2.79 bits per heavy atom. The first-order chi connectivity index (χ1) is 6.81. The number of nitrogens with zero attached hydrogens (tertiary/aromatic N) is 1. The summed E-state index contributed by atoms with van der Waals surface area (Å²) in [6, 6.07) is 4.54. The number of rotatable bonds is 2. The van der Waals surface area contributed by atoms with E-state index in [-0.39, 0.29) is 0 Å². The lowest BCUT2D eigenvalue weighted by Gasteiger charge is -2.15. The number of anilines is 1. The van der Waals surface area contributed by atoms with Gasteiger partial charge in [-0.3, -0.25) is 0 Å². The van der Waals surface area contributed by atoms with Crippen LogP contribution in [0.2, 0.25) is 5.15 Å². The highest BCUT2D eigenvalue weighted by molar-refractivity contribution is 6.29. The Kier molecular flexibility index (Phi) is 1.91. The maximum Gasteiger partial charge on any atom is 0.131 e. The van der Waals surface area contributed by atoms with E-state index in [9.17, 15) is 0 Å². The van der Waals surface area contributed by atoms with Crippen molar-refractivity contribution >= 4 is 17.3 Å². The first-order valence-electron chi connectivity index (χ1n) is 5.19. The molecule has 0 amide bonds. The SMILES string of the molecule is Clc1cc(NC2CC3CC3C2)ccn1. The second kappa shape index (κ2) is 3.13. The Morgan fingerprint density at radius 1 is 1.29 bits per heavy atom. The van der Waals surface area contributed by atoms with Crippen molar-refractivity contribution < 1.29 is 0 Å². The van der Waals surface area contributed by atoms with Gasteiger partial charge >= 0.3 is 0 Å². The highest BCUT2D eigenvalue weighted by atomic mass is 35.5. The fraction of sp³-hybridized carbons (Fsp3) is 0.545. The molecule has 2 aliphatic carbocycles. The van der Waals surface area contributed by atoms with E-state index in [0.29, 0.717) is 11.2 Å². The number of hydrogen-bond acceptors (Lipinski definition) is 2. The fourth-order valence-electron chi connectivity index (χ4n) is 2.56. The molecule has 74 valence electrons. The maximum atomic E-state index is 5.82. The summed E-state index contributed by atoms with van der Waals surface area (Å²) < 4.78 is 0. The molecule has 0 aromatic carbocycles. The molecule has 3 rings (SSSR count). The zero-order chi connectivity index (χ0) is 9.54. The number of nitrogens with one attached hydrogen (secondary N) is 1. The number of fused-ring (bicyclic) bond motifs is 1. The molecule has 2 saturated carbocycles. The Labute approximate surface area is 88.7 Å². The minimum Gasteiger partial charge on any atom is -0.382 e. The van der Waals surface area contributed by atoms with Crippen LogP contribution in [0, 0.1) is 11.8 Å². The smallest absolute Gasteiger partial charge is 0.131 e. The van der Waals surface area contributed by atoms with Gasteiger partial charge in [-0.05, 0) is 43.2 Å². The molecule has 1 heterocycles. The third-order valence-corrected chi connectivity index (χ3v) is 3.55. The van der Waals surface area contributed by atoms with Crippen molar-refractivity contribution in [3.8, 4) is 0 Å². The fourth-order valence-corrected chi connectivity index (χ4v) is 2.73. The summed E-state index contributed by atoms with van der Waals surface area (Å²) in [6.07, 6.45) is 5.89. The minimum absolute atomic E-state index is 0.568. The third kappa shape index (κ3) is 1.59. The lowest BCUT2D eigenvalue weighted by atomic mass is 10.1. The second-order valence-corrected chi connectivity index (χ2v) is 4.82. The lowest BCUT2D eigenvalue weighted by molar-refractivity contribution is 0.651. The van der Waals surface area contributed by atoms with Gasteiger partial charge in [0.1, 0.15) is 5.15 Å². The van der Waals surface area contributed by atoms with Gasteiger partial charge in [-0.1, -0.05) is 11.6 Å². The molecule has 14 heavy (non-hydrogen) atoms. The van der Waals surface area contributed by atoms with Crippen molar-refractivity contribution in [3.05, 3.63) is 23.5 Å². The van der Waals surface area contributed by atoms with E-state index >= 15 is 0 Å². The van der Waals surface area contributed by atoms with Crippen LogP contribution in [-0.4, -0.2) is 11.0 Å². The summed E-state index contributed by atoms with van der Waals surface area (Å²) >= 11 is 5.82. The number of pyridine rings is 1. The molecule has 0 aliphatic heterocycles. The largest absolute Gasteiger partial charge is 0.382 e. The minimum atomic E-state index is 0.568. The molecule has 0 spiro atoms. The highest BCUT2D eigenvalue weighted by Gasteiger charge is 2.45. The summed E-state index contributed by atoms with van der Waals surface area (Å²) in [5.41, 5.74) is 1.11. The standard InChI is InChI=1S/C11H13ClN2/c12-11-6-9(1-2-13-11)14-10-4-7-3-8(7)5-10/h1-2,6-8,10H,3-5H2,(H,13,14). The summed E-state index contributed by atoms with van der Waals surface area (Å²) in [6.45, 7) is 0. The van der Waals surface area contributed by atoms with E-state index in [1.165, 1.54) is 19.3 Å². The average Bonchev–Trinajstić information content (AvgIpc) is 2.74. The quantitative estimate of drug-likeness (QED) is 0.756. The molecule has 2 aliphatic rings. The molecule has 0 radical (unpaired) electrons. The molecule has 0 saturated heterocycles. The predicted octanol–water partition coefficient (Wildman–Crippen LogP) is 2.95. The van der Waals surface area contributed by atoms with Crippen LogP contribution >= 0.6 is 11.6 Å². The molecule has 2 fully saturated rings. The van der Waals surface area contributed by atoms with E-state index < -0.39 is 0 Å². The van der Waals surface area contributed by atoms with Crippen LogP contribution < -0.4 is 5.32 Å². The van der Waals surface area contributed by atoms with Crippen LogP contribution in [0.5, 0.6) is 0 Å². The molecular formula is C11H13ClN2. The molecule has 2 unspecified atom stereocenters. The van der Waals surface area contributed by atoms with Crippen LogP contribution in [0.3, 0.4) is 0 Å². The molecule has 2 atom stereocenters. The summed E-state index contributed by atoms with van der Waals surface area (Å²) in [5, 5.41) is 4.09. The Hall–Kier alpha value is -0.760. The van der Waals surface area contributed by atoms with Crippen LogP contribution in [0.15, 0.2) is 18.3 Å². The number of halogens is 1. The topological polar surface area (TPSA) is 24.9 Å². The van der Waals surface area contributed by atoms with Crippen LogP contribution in [-0.2, 0) is 0 Å². The van der Waals surface area contributed by atoms with Crippen molar-refractivity contribution in [2.75, 3.05) is 5.32 Å². The summed E-state index contributed by atoms with van der Waals surface area (Å²) in [4.78, 5) is 3.96. The highest BCUT2D eigenvalue weighted by Crippen LogP contribution is 2.52. The van der Waals surface area contributed by atoms with Crippen LogP contribution in [0.1, 0.15) is 19.3 Å². The van der Waals surface area contributed by atoms with Gasteiger partial charge in [0.15, 0.2) is 0 Å². The maximum absolute atomic E-state index is 5.82. The van der Waals surface area contributed by atoms with Gasteiger partial charge in [0.05, 0.1) is 0 Å². The van der Waals surface area contributed by atoms with E-state index in [4.69, 9.17) is 11.6 Å². The van der Waals surface area contributed by atoms with E-state index in [1.54, 1.807) is 6.20 Å². The molecule has 1 aromatic rings. The van der Waals surface area contributed by atoms with Crippen molar-refractivity contribution in [2.24, 2.45) is 11.8 Å². The molecule has 0 bridgehead atoms. The molecule has 3 heteroatoms. The average molecular weight is 209 g/mol. The van der Waals surface area contributed by atoms with Gasteiger partial charge in [-0.25, -0.2) is 4.98 Å². The van der Waals surface area contributed by atoms with Gasteiger partial charge < -0.3 is 5.32 Å². The third-order valence-electron chi connectivity index (χ3n) is 3.34. The van der Waals surface area contributed by atoms with Crippen molar-refractivity contribution in [3.63, 3.8) is 0 Å². The number of hydrogen-bond donors (Lipinski definition) is 1. The molecule has 1 aromatic heterocycles. The van der Waals surface area contributed by atoms with Gasteiger partial charge in [-0.2, -0.15) is 0 Å². The zero-order valence-electron chi connectivity index (χ0n) is 7.91. The van der Waals surface area contributed by atoms with E-state index in [1.807, 2.05) is 12.1 Å². The molecular weight excluding hydrogens is 196 g/mol. The van der Waals surface area contributed by atoms with Crippen molar-refractivity contribution in [1.29, 1.82) is 0 Å². The summed E-state index contributed by atoms with van der Waals surface area (Å²) in [7, 11) is 0. The van der Waals surface area contributed by atoms with Crippen molar-refractivity contribution in [2.45, 2.75) is 25.3 Å². The van der Waals surface area contributed by atoms with E-state index in [2.05, 4.69) is 10.3 Å². The van der Waals surface area contributed by atoms with E-state index in [0.717, 1.165) is 17.5 Å². The van der Waals surface area contributed by atoms with Gasteiger partial charge in [0, 0.05) is 17.9 Å². The van der Waals surface area contributed by atoms with Crippen LogP contribution in [0.25, 0.3) is 0 Å².